The predicted octanol–water partition coefficient (Wildman–Crippen LogP) is -2.90. The van der Waals surface area contributed by atoms with Gasteiger partial charge in [-0.05, 0) is 0 Å². The third kappa shape index (κ3) is 1.85. The van der Waals surface area contributed by atoms with E-state index in [2.05, 4.69) is 0 Å². The van der Waals surface area contributed by atoms with Crippen LogP contribution in [0.5, 0.6) is 0 Å². The van der Waals surface area contributed by atoms with Gasteiger partial charge in [0.15, 0.2) is 0 Å². The van der Waals surface area contributed by atoms with Crippen molar-refractivity contribution in [1.82, 2.24) is 0 Å². The topological polar surface area (TPSA) is 143 Å². The molecule has 0 bridgehead atoms. The number of hydrogen-bond donors (Lipinski definition) is 0. The van der Waals surface area contributed by atoms with E-state index < -0.39 is 10.7 Å². The number of hydrogen-bond acceptors (Lipinski definition) is 6. The maximum absolute atomic E-state index is 8.58. The smallest absolute Gasteiger partial charge is 1.00 e. The molecule has 9 heteroatoms. The van der Waals surface area contributed by atoms with Gasteiger partial charge in [0, 0.05) is 0 Å². The van der Waals surface area contributed by atoms with Crippen LogP contribution >= 0.6 is 0 Å². The molecule has 74 valence electrons. The molecule has 0 N–H and O–H groups in total. The second kappa shape index (κ2) is 4.65. The van der Waals surface area contributed by atoms with Gasteiger partial charge < -0.3 is 0 Å². The molecule has 0 aromatic rings. The zero-order valence-electron chi connectivity index (χ0n) is 7.35. The molecular weight excluding hydrogens is 294 g/mol. The van der Waals surface area contributed by atoms with Crippen molar-refractivity contribution >= 4 is 0 Å². The molecule has 0 atom stereocenters. The molecule has 0 fully saturated rings. The van der Waals surface area contributed by atoms with Crippen LogP contribution in [0.2, 0.25) is 0 Å². The minimum absolute atomic E-state index is 0. The van der Waals surface area contributed by atoms with E-state index in [1.807, 2.05) is 0 Å². The van der Waals surface area contributed by atoms with E-state index in [4.69, 9.17) is 31.6 Å². The van der Waals surface area contributed by atoms with Crippen LogP contribution in [0.1, 0.15) is 0 Å². The van der Waals surface area contributed by atoms with Crippen LogP contribution in [0, 0.1) is 61.4 Å². The number of rotatable bonds is 0. The van der Waals surface area contributed by atoms with Gasteiger partial charge in [-0.25, -0.2) is 0 Å². The molecule has 0 aliphatic heterocycles. The van der Waals surface area contributed by atoms with Gasteiger partial charge >= 0.3 is 118 Å². The molecule has 0 aromatic carbocycles. The quantitative estimate of drug-likeness (QED) is 0.438. The Morgan fingerprint density at radius 3 is 0.667 bits per heavy atom. The standard InChI is InChI=1S/6CN.Fe.Na.Ni/c6*1-2;;;/q;;;;;;-4;+1;+2. The van der Waals surface area contributed by atoms with E-state index in [1.54, 1.807) is 0 Å². The fourth-order valence-corrected chi connectivity index (χ4v) is 1.09. The van der Waals surface area contributed by atoms with E-state index in [1.165, 1.54) is 0 Å². The Kier molecular flexibility index (Phi) is 6.05. The molecule has 0 heterocycles. The molecule has 0 aliphatic carbocycles. The van der Waals surface area contributed by atoms with Gasteiger partial charge in [-0.1, -0.05) is 0 Å². The third-order valence-corrected chi connectivity index (χ3v) is 4.89. The van der Waals surface area contributed by atoms with Crippen LogP contribution in [-0.2, 0) is 27.2 Å². The van der Waals surface area contributed by atoms with E-state index in [9.17, 15) is 0 Å². The van der Waals surface area contributed by atoms with Crippen molar-refractivity contribution in [1.29, 1.82) is 31.6 Å². The number of nitriles is 6. The second-order valence-corrected chi connectivity index (χ2v) is 7.42. The summed E-state index contributed by atoms with van der Waals surface area (Å²) >= 11 is 0. The molecule has 0 spiro atoms. The van der Waals surface area contributed by atoms with Crippen molar-refractivity contribution in [3.8, 4) is 29.8 Å². The summed E-state index contributed by atoms with van der Waals surface area (Å²) in [4.78, 5) is 6.19. The molecule has 15 heavy (non-hydrogen) atoms. The fraction of sp³-hybridized carbons (Fsp3) is 0. The molecule has 0 unspecified atom stereocenters. The van der Waals surface area contributed by atoms with Gasteiger partial charge in [0.1, 0.15) is 0 Å². The minimum Gasteiger partial charge on any atom is 1.00 e. The molecule has 0 aliphatic rings. The van der Waals surface area contributed by atoms with E-state index in [0.29, 0.717) is 0 Å². The monoisotopic (exact) mass is 293 g/mol. The van der Waals surface area contributed by atoms with Gasteiger partial charge in [0.25, 0.3) is 0 Å². The first-order chi connectivity index (χ1) is 5.97. The minimum atomic E-state index is -6.17. The second-order valence-electron chi connectivity index (χ2n) is 1.80. The Morgan fingerprint density at radius 1 is 0.533 bits per heavy atom. The Bertz CT molecular complexity index is 397. The summed E-state index contributed by atoms with van der Waals surface area (Å²) in [6.07, 6.45) is 0. The zero-order chi connectivity index (χ0) is 10.7. The first-order valence-corrected chi connectivity index (χ1v) is 5.71. The van der Waals surface area contributed by atoms with Crippen molar-refractivity contribution < 1.29 is 56.8 Å². The van der Waals surface area contributed by atoms with Crippen molar-refractivity contribution in [2.45, 2.75) is 0 Å². The van der Waals surface area contributed by atoms with Crippen LogP contribution in [0.25, 0.3) is 0 Å². The van der Waals surface area contributed by atoms with Gasteiger partial charge in [-0.2, -0.15) is 0 Å². The predicted molar refractivity (Wildman–Crippen MR) is 33.7 cm³/mol. The molecule has 0 amide bonds. The van der Waals surface area contributed by atoms with E-state index in [-0.39, 0.29) is 46.0 Å². The van der Waals surface area contributed by atoms with Crippen molar-refractivity contribution in [3.05, 3.63) is 0 Å². The number of nitrogens with zero attached hydrogens (tertiary/aromatic N) is 6. The largest absolute Gasteiger partial charge is 2.00 e. The van der Waals surface area contributed by atoms with E-state index in [0.717, 1.165) is 29.8 Å². The fourth-order valence-electron chi connectivity index (χ4n) is 0.265. The van der Waals surface area contributed by atoms with Crippen LogP contribution in [0.15, 0.2) is 0 Å². The maximum atomic E-state index is 8.58. The van der Waals surface area contributed by atoms with E-state index >= 15 is 0 Å². The molecule has 0 saturated heterocycles. The molecule has 6 nitrogen and oxygen atoms in total. The summed E-state index contributed by atoms with van der Waals surface area (Å²) in [6, 6.07) is 0. The van der Waals surface area contributed by atoms with Gasteiger partial charge in [-0.3, -0.25) is 0 Å². The third-order valence-electron chi connectivity index (χ3n) is 1.19. The van der Waals surface area contributed by atoms with Crippen LogP contribution < -0.4 is 29.6 Å². The first kappa shape index (κ1) is 19.5. The molecule has 0 rings (SSSR count). The van der Waals surface area contributed by atoms with Crippen LogP contribution in [0.3, 0.4) is 0 Å². The van der Waals surface area contributed by atoms with Gasteiger partial charge in [0.05, 0.1) is 0 Å². The Labute approximate surface area is 117 Å². The molecule has 0 saturated carbocycles. The van der Waals surface area contributed by atoms with Gasteiger partial charge in [0.2, 0.25) is 0 Å². The summed E-state index contributed by atoms with van der Waals surface area (Å²) in [7, 11) is -6.17. The molecular formula is C6FeN6NaNi-. The van der Waals surface area contributed by atoms with Crippen LogP contribution in [0.4, 0.5) is 0 Å². The normalized spacial score (nSPS) is 11.6. The Hall–Kier alpha value is -1.05. The van der Waals surface area contributed by atoms with Crippen molar-refractivity contribution in [2.24, 2.45) is 0 Å². The van der Waals surface area contributed by atoms with Crippen molar-refractivity contribution in [3.63, 3.8) is 0 Å². The first-order valence-electron chi connectivity index (χ1n) is 2.40. The summed E-state index contributed by atoms with van der Waals surface area (Å²) < 4.78 is 0. The zero-order valence-corrected chi connectivity index (χ0v) is 11.4. The average molecular weight is 294 g/mol. The van der Waals surface area contributed by atoms with Gasteiger partial charge in [-0.15, -0.1) is 0 Å². The summed E-state index contributed by atoms with van der Waals surface area (Å²) in [5.41, 5.74) is 0. The summed E-state index contributed by atoms with van der Waals surface area (Å²) in [5, 5.41) is 51.5. The summed E-state index contributed by atoms with van der Waals surface area (Å²) in [6.45, 7) is 0. The maximum Gasteiger partial charge on any atom is 2.00 e. The SMILES string of the molecule is N#[C][Fe-4]([C]#N)([C]#N)([C]#N)([C]#N)[C]#N.[Na+].[Ni+2]. The Balaban J connectivity index is -0.000000720. The Morgan fingerprint density at radius 2 is 0.667 bits per heavy atom. The van der Waals surface area contributed by atoms with Crippen molar-refractivity contribution in [2.75, 3.05) is 0 Å². The molecule has 0 radical (unpaired) electrons. The molecule has 0 aromatic heterocycles. The summed E-state index contributed by atoms with van der Waals surface area (Å²) in [5.74, 6) is 0. The van der Waals surface area contributed by atoms with Crippen LogP contribution in [-0.4, -0.2) is 0 Å². The average Bonchev–Trinajstić information content (AvgIpc) is 2.26.